The molecule has 3 aromatic rings. The monoisotopic (exact) mass is 443 g/mol. The first-order chi connectivity index (χ1) is 14.5. The van der Waals surface area contributed by atoms with Gasteiger partial charge in [-0.25, -0.2) is 13.4 Å². The maximum atomic E-state index is 12.9. The number of hydrogen-bond donors (Lipinski definition) is 0. The molecule has 0 unspecified atom stereocenters. The molecule has 1 saturated carbocycles. The number of rotatable bonds is 7. The van der Waals surface area contributed by atoms with Crippen LogP contribution >= 0.6 is 11.8 Å². The normalized spacial score (nSPS) is 15.5. The molecule has 8 heteroatoms. The highest BCUT2D eigenvalue weighted by Gasteiger charge is 2.29. The lowest BCUT2D eigenvalue weighted by atomic mass is 9.96. The molecule has 0 amide bonds. The Morgan fingerprint density at radius 3 is 2.57 bits per heavy atom. The quantitative estimate of drug-likeness (QED) is 0.479. The summed E-state index contributed by atoms with van der Waals surface area (Å²) in [6, 6.07) is 15.2. The Bertz CT molecular complexity index is 1060. The third-order valence-corrected chi connectivity index (χ3v) is 8.33. The van der Waals surface area contributed by atoms with Crippen LogP contribution in [0.1, 0.15) is 37.8 Å². The van der Waals surface area contributed by atoms with Gasteiger partial charge in [-0.05, 0) is 25.0 Å². The van der Waals surface area contributed by atoms with Crippen molar-refractivity contribution in [1.29, 1.82) is 0 Å². The first-order valence-corrected chi connectivity index (χ1v) is 12.5. The van der Waals surface area contributed by atoms with Gasteiger partial charge in [-0.15, -0.1) is 0 Å². The molecule has 0 bridgehead atoms. The summed E-state index contributed by atoms with van der Waals surface area (Å²) in [5.74, 6) is 1.32. The van der Waals surface area contributed by atoms with Crippen LogP contribution in [0.5, 0.6) is 0 Å². The summed E-state index contributed by atoms with van der Waals surface area (Å²) >= 11 is 1.50. The van der Waals surface area contributed by atoms with E-state index in [1.807, 2.05) is 36.4 Å². The van der Waals surface area contributed by atoms with E-state index in [0.717, 1.165) is 47.7 Å². The Hall–Kier alpha value is -2.16. The Labute approximate surface area is 181 Å². The zero-order valence-electron chi connectivity index (χ0n) is 16.9. The lowest BCUT2D eigenvalue weighted by Gasteiger charge is -2.30. The first-order valence-electron chi connectivity index (χ1n) is 10.1. The van der Waals surface area contributed by atoms with Gasteiger partial charge in [-0.3, -0.25) is 0 Å². The van der Waals surface area contributed by atoms with E-state index < -0.39 is 10.0 Å². The summed E-state index contributed by atoms with van der Waals surface area (Å²) in [4.78, 5) is 4.59. The van der Waals surface area contributed by atoms with Crippen LogP contribution in [-0.2, 0) is 15.8 Å². The molecule has 4 rings (SSSR count). The van der Waals surface area contributed by atoms with Crippen LogP contribution in [0.3, 0.4) is 0 Å². The van der Waals surface area contributed by atoms with Crippen LogP contribution in [0, 0.1) is 0 Å². The van der Waals surface area contributed by atoms with E-state index in [1.54, 1.807) is 19.2 Å². The molecule has 0 spiro atoms. The number of hydrogen-bond acceptors (Lipinski definition) is 6. The van der Waals surface area contributed by atoms with Crippen LogP contribution in [0.15, 0.2) is 69.2 Å². The van der Waals surface area contributed by atoms with Crippen LogP contribution in [0.4, 0.5) is 0 Å². The van der Waals surface area contributed by atoms with Crippen molar-refractivity contribution in [1.82, 2.24) is 14.4 Å². The van der Waals surface area contributed by atoms with E-state index in [2.05, 4.69) is 10.1 Å². The smallest absolute Gasteiger partial charge is 0.244 e. The van der Waals surface area contributed by atoms with Crippen molar-refractivity contribution >= 4 is 21.8 Å². The van der Waals surface area contributed by atoms with Gasteiger partial charge in [0.05, 0.1) is 10.7 Å². The molecule has 1 fully saturated rings. The Morgan fingerprint density at radius 2 is 1.87 bits per heavy atom. The maximum absolute atomic E-state index is 12.9. The summed E-state index contributed by atoms with van der Waals surface area (Å²) < 4.78 is 32.8. The molecule has 0 saturated heterocycles. The van der Waals surface area contributed by atoms with Crippen molar-refractivity contribution in [3.8, 4) is 11.3 Å². The fourth-order valence-corrected chi connectivity index (χ4v) is 5.76. The van der Waals surface area contributed by atoms with E-state index in [4.69, 9.17) is 4.52 Å². The molecule has 1 aliphatic rings. The van der Waals surface area contributed by atoms with E-state index >= 15 is 0 Å². The summed E-state index contributed by atoms with van der Waals surface area (Å²) in [6.07, 6.45) is 6.68. The van der Waals surface area contributed by atoms with Crippen LogP contribution < -0.4 is 0 Å². The zero-order chi connectivity index (χ0) is 21.0. The molecule has 0 N–H and O–H groups in total. The van der Waals surface area contributed by atoms with Gasteiger partial charge < -0.3 is 4.52 Å². The fraction of sp³-hybridized carbons (Fsp3) is 0.364. The predicted octanol–water partition coefficient (Wildman–Crippen LogP) is 4.98. The molecule has 0 atom stereocenters. The van der Waals surface area contributed by atoms with Crippen molar-refractivity contribution < 1.29 is 12.9 Å². The molecule has 0 aliphatic heterocycles. The summed E-state index contributed by atoms with van der Waals surface area (Å²) in [6.45, 7) is 0. The summed E-state index contributed by atoms with van der Waals surface area (Å²) in [5.41, 5.74) is 1.80. The minimum Gasteiger partial charge on any atom is -0.356 e. The zero-order valence-corrected chi connectivity index (χ0v) is 18.5. The molecule has 0 radical (unpaired) electrons. The maximum Gasteiger partial charge on any atom is 0.244 e. The van der Waals surface area contributed by atoms with E-state index in [9.17, 15) is 8.42 Å². The van der Waals surface area contributed by atoms with Crippen molar-refractivity contribution in [2.75, 3.05) is 7.05 Å². The van der Waals surface area contributed by atoms with Gasteiger partial charge in [0.25, 0.3) is 0 Å². The number of benzene rings is 1. The van der Waals surface area contributed by atoms with Crippen LogP contribution in [0.25, 0.3) is 11.3 Å². The highest BCUT2D eigenvalue weighted by molar-refractivity contribution is 7.98. The van der Waals surface area contributed by atoms with Gasteiger partial charge in [0.15, 0.2) is 5.76 Å². The van der Waals surface area contributed by atoms with E-state index in [-0.39, 0.29) is 10.9 Å². The molecular formula is C22H25N3O3S2. The van der Waals surface area contributed by atoms with Crippen molar-refractivity contribution in [3.05, 3.63) is 60.4 Å². The Morgan fingerprint density at radius 1 is 1.10 bits per heavy atom. The van der Waals surface area contributed by atoms with E-state index in [0.29, 0.717) is 5.75 Å². The van der Waals surface area contributed by atoms with Gasteiger partial charge in [-0.2, -0.15) is 4.31 Å². The second-order valence-electron chi connectivity index (χ2n) is 7.48. The molecule has 158 valence electrons. The second-order valence-corrected chi connectivity index (χ2v) is 10.5. The third kappa shape index (κ3) is 4.77. The number of sulfonamides is 1. The van der Waals surface area contributed by atoms with Gasteiger partial charge in [0.2, 0.25) is 10.0 Å². The molecule has 6 nitrogen and oxygen atoms in total. The Balaban J connectivity index is 1.38. The van der Waals surface area contributed by atoms with E-state index in [1.165, 1.54) is 28.7 Å². The largest absolute Gasteiger partial charge is 0.356 e. The molecule has 2 heterocycles. The van der Waals surface area contributed by atoms with Gasteiger partial charge in [0.1, 0.15) is 4.90 Å². The number of thioether (sulfide) groups is 1. The third-order valence-electron chi connectivity index (χ3n) is 5.46. The average Bonchev–Trinajstić information content (AvgIpc) is 3.28. The van der Waals surface area contributed by atoms with Crippen molar-refractivity contribution in [2.45, 2.75) is 53.8 Å². The minimum absolute atomic E-state index is 0.0868. The SMILES string of the molecule is CN(C1CCCCC1)S(=O)(=O)c1ccc(SCc2cc(-c3ccccc3)on2)nc1. The molecule has 1 aliphatic carbocycles. The minimum atomic E-state index is -3.52. The van der Waals surface area contributed by atoms with Crippen molar-refractivity contribution in [2.24, 2.45) is 0 Å². The van der Waals surface area contributed by atoms with Crippen LogP contribution in [0.2, 0.25) is 0 Å². The molecule has 2 aromatic heterocycles. The average molecular weight is 444 g/mol. The molecular weight excluding hydrogens is 418 g/mol. The number of nitrogens with zero attached hydrogens (tertiary/aromatic N) is 3. The highest BCUT2D eigenvalue weighted by Crippen LogP contribution is 2.28. The predicted molar refractivity (Wildman–Crippen MR) is 118 cm³/mol. The van der Waals surface area contributed by atoms with Gasteiger partial charge >= 0.3 is 0 Å². The molecule has 1 aromatic carbocycles. The van der Waals surface area contributed by atoms with Crippen molar-refractivity contribution in [3.63, 3.8) is 0 Å². The number of pyridine rings is 1. The summed E-state index contributed by atoms with van der Waals surface area (Å²) in [5, 5.41) is 4.86. The lowest BCUT2D eigenvalue weighted by molar-refractivity contribution is 0.285. The van der Waals surface area contributed by atoms with Gasteiger partial charge in [-0.1, -0.05) is 66.5 Å². The topological polar surface area (TPSA) is 76.3 Å². The van der Waals surface area contributed by atoms with Gasteiger partial charge in [0, 0.05) is 36.7 Å². The Kier molecular flexibility index (Phi) is 6.55. The highest BCUT2D eigenvalue weighted by atomic mass is 32.2. The molecule has 30 heavy (non-hydrogen) atoms. The first kappa shape index (κ1) is 21.1. The fourth-order valence-electron chi connectivity index (χ4n) is 3.68. The van der Waals surface area contributed by atoms with Crippen LogP contribution in [-0.4, -0.2) is 36.0 Å². The summed E-state index contributed by atoms with van der Waals surface area (Å²) in [7, 11) is -1.83. The number of aromatic nitrogens is 2. The lowest BCUT2D eigenvalue weighted by Crippen LogP contribution is -2.38. The standard InChI is InChI=1S/C22H25N3O3S2/c1-25(19-10-6-3-7-11-19)30(26,27)20-12-13-22(23-15-20)29-16-18-14-21(28-24-18)17-8-4-2-5-9-17/h2,4-5,8-9,12-15,19H,3,6-7,10-11,16H2,1H3. The second kappa shape index (κ2) is 9.32.